The Labute approximate surface area is 103 Å². The second kappa shape index (κ2) is 6.01. The van der Waals surface area contributed by atoms with Crippen LogP contribution in [-0.4, -0.2) is 27.4 Å². The molecule has 0 heterocycles. The van der Waals surface area contributed by atoms with Crippen LogP contribution in [0.25, 0.3) is 10.4 Å². The highest BCUT2D eigenvalue weighted by molar-refractivity contribution is 7.90. The summed E-state index contributed by atoms with van der Waals surface area (Å²) in [6.45, 7) is 0.646. The molecule has 1 aromatic rings. The van der Waals surface area contributed by atoms with Crippen molar-refractivity contribution < 1.29 is 13.2 Å². The third-order valence-corrected chi connectivity index (χ3v) is 3.14. The summed E-state index contributed by atoms with van der Waals surface area (Å²) in [6.07, 6.45) is 0. The monoisotopic (exact) mass is 269 g/mol. The highest BCUT2D eigenvalue weighted by Gasteiger charge is 2.12. The molecule has 96 valence electrons. The number of amides is 1. The number of sulfonamides is 1. The number of azide groups is 1. The van der Waals surface area contributed by atoms with Crippen molar-refractivity contribution in [1.82, 2.24) is 5.32 Å². The van der Waals surface area contributed by atoms with Gasteiger partial charge >= 0.3 is 0 Å². The molecule has 1 rings (SSSR count). The first kappa shape index (κ1) is 14.0. The minimum atomic E-state index is -4.01. The quantitative estimate of drug-likeness (QED) is 0.453. The van der Waals surface area contributed by atoms with Gasteiger partial charge in [0.25, 0.3) is 15.9 Å². The van der Waals surface area contributed by atoms with Crippen LogP contribution in [0.15, 0.2) is 33.7 Å². The summed E-state index contributed by atoms with van der Waals surface area (Å²) in [7, 11) is -4.01. The Morgan fingerprint density at radius 3 is 2.50 bits per heavy atom. The summed E-state index contributed by atoms with van der Waals surface area (Å²) < 4.78 is 25.4. The molecule has 0 aromatic heterocycles. The molecular formula is C9H11N5O3S. The SMILES string of the molecule is [N-]=[N+]=NS(=O)(=O)c1ccc(C(=O)NCCN)cc1. The van der Waals surface area contributed by atoms with E-state index < -0.39 is 10.0 Å². The second-order valence-electron chi connectivity index (χ2n) is 3.22. The molecule has 1 amide bonds. The van der Waals surface area contributed by atoms with Gasteiger partial charge in [-0.05, 0) is 29.8 Å². The molecule has 3 N–H and O–H groups in total. The molecule has 18 heavy (non-hydrogen) atoms. The lowest BCUT2D eigenvalue weighted by Crippen LogP contribution is -2.28. The predicted molar refractivity (Wildman–Crippen MR) is 64.2 cm³/mol. The van der Waals surface area contributed by atoms with Crippen LogP contribution in [0.3, 0.4) is 0 Å². The summed E-state index contributed by atoms with van der Waals surface area (Å²) in [6, 6.07) is 5.04. The number of carbonyl (C=O) groups excluding carboxylic acids is 1. The van der Waals surface area contributed by atoms with Crippen LogP contribution in [0.5, 0.6) is 0 Å². The van der Waals surface area contributed by atoms with E-state index >= 15 is 0 Å². The minimum absolute atomic E-state index is 0.171. The maximum Gasteiger partial charge on any atom is 0.264 e. The van der Waals surface area contributed by atoms with Gasteiger partial charge in [0.1, 0.15) is 0 Å². The van der Waals surface area contributed by atoms with Crippen LogP contribution in [0.2, 0.25) is 0 Å². The summed E-state index contributed by atoms with van der Waals surface area (Å²) >= 11 is 0. The second-order valence-corrected chi connectivity index (χ2v) is 4.80. The van der Waals surface area contributed by atoms with E-state index in [2.05, 4.69) is 14.7 Å². The Bertz CT molecular complexity index is 575. The lowest BCUT2D eigenvalue weighted by atomic mass is 10.2. The summed E-state index contributed by atoms with van der Waals surface area (Å²) in [4.78, 5) is 13.5. The molecule has 0 aliphatic heterocycles. The lowest BCUT2D eigenvalue weighted by Gasteiger charge is -2.04. The van der Waals surface area contributed by atoms with Gasteiger partial charge in [-0.15, -0.1) is 0 Å². The molecule has 0 radical (unpaired) electrons. The standard InChI is InChI=1S/C9H11N5O3S/c10-5-6-12-9(15)7-1-3-8(4-2-7)18(16,17)14-13-11/h1-4H,5-6,10H2,(H,12,15). The van der Waals surface area contributed by atoms with Crippen molar-refractivity contribution in [2.45, 2.75) is 4.90 Å². The van der Waals surface area contributed by atoms with Gasteiger partial charge in [-0.2, -0.15) is 0 Å². The number of hydrogen-bond acceptors (Lipinski definition) is 4. The van der Waals surface area contributed by atoms with Gasteiger partial charge in [0.05, 0.1) is 4.90 Å². The number of nitrogens with zero attached hydrogens (tertiary/aromatic N) is 3. The maximum atomic E-state index is 11.5. The lowest BCUT2D eigenvalue weighted by molar-refractivity contribution is 0.0954. The fraction of sp³-hybridized carbons (Fsp3) is 0.222. The molecular weight excluding hydrogens is 258 g/mol. The first-order valence-electron chi connectivity index (χ1n) is 4.91. The average Bonchev–Trinajstić information content (AvgIpc) is 2.36. The Morgan fingerprint density at radius 1 is 1.39 bits per heavy atom. The fourth-order valence-corrected chi connectivity index (χ4v) is 1.83. The number of carbonyl (C=O) groups is 1. The highest BCUT2D eigenvalue weighted by Crippen LogP contribution is 2.13. The number of hydrogen-bond donors (Lipinski definition) is 2. The van der Waals surface area contributed by atoms with Crippen molar-refractivity contribution >= 4 is 15.9 Å². The number of nitrogens with one attached hydrogen (secondary N) is 1. The van der Waals surface area contributed by atoms with Crippen LogP contribution < -0.4 is 11.1 Å². The first-order valence-corrected chi connectivity index (χ1v) is 6.35. The third kappa shape index (κ3) is 3.45. The Hall–Kier alpha value is -2.09. The van der Waals surface area contributed by atoms with Crippen molar-refractivity contribution in [3.8, 4) is 0 Å². The zero-order valence-electron chi connectivity index (χ0n) is 9.28. The average molecular weight is 269 g/mol. The molecule has 0 bridgehead atoms. The van der Waals surface area contributed by atoms with Gasteiger partial charge in [0.2, 0.25) is 0 Å². The molecule has 0 unspecified atom stereocenters. The van der Waals surface area contributed by atoms with Crippen LogP contribution in [0.1, 0.15) is 10.4 Å². The first-order chi connectivity index (χ1) is 8.51. The highest BCUT2D eigenvalue weighted by atomic mass is 32.2. The smallest absolute Gasteiger partial charge is 0.264 e. The normalized spacial score (nSPS) is 10.5. The molecule has 9 heteroatoms. The predicted octanol–water partition coefficient (Wildman–Crippen LogP) is 0.374. The molecule has 0 saturated heterocycles. The fourth-order valence-electron chi connectivity index (χ4n) is 1.16. The Balaban J connectivity index is 2.93. The summed E-state index contributed by atoms with van der Waals surface area (Å²) in [5.41, 5.74) is 13.6. The van der Waals surface area contributed by atoms with Crippen molar-refractivity contribution in [3.63, 3.8) is 0 Å². The van der Waals surface area contributed by atoms with Crippen molar-refractivity contribution in [1.29, 1.82) is 0 Å². The van der Waals surface area contributed by atoms with Gasteiger partial charge in [-0.3, -0.25) is 4.79 Å². The molecule has 8 nitrogen and oxygen atoms in total. The number of rotatable bonds is 5. The van der Waals surface area contributed by atoms with Gasteiger partial charge in [0.15, 0.2) is 0 Å². The molecule has 0 aliphatic rings. The van der Waals surface area contributed by atoms with Crippen molar-refractivity contribution in [3.05, 3.63) is 40.3 Å². The minimum Gasteiger partial charge on any atom is -0.351 e. The molecule has 0 spiro atoms. The van der Waals surface area contributed by atoms with Crippen molar-refractivity contribution in [2.24, 2.45) is 10.3 Å². The number of benzene rings is 1. The van der Waals surface area contributed by atoms with Crippen LogP contribution in [-0.2, 0) is 10.0 Å². The van der Waals surface area contributed by atoms with E-state index in [0.717, 1.165) is 0 Å². The van der Waals surface area contributed by atoms with E-state index in [0.29, 0.717) is 18.7 Å². The summed E-state index contributed by atoms with van der Waals surface area (Å²) in [5, 5.41) is 2.54. The maximum absolute atomic E-state index is 11.5. The molecule has 0 fully saturated rings. The number of nitrogens with two attached hydrogens (primary N) is 1. The largest absolute Gasteiger partial charge is 0.351 e. The van der Waals surface area contributed by atoms with Crippen LogP contribution in [0.4, 0.5) is 0 Å². The van der Waals surface area contributed by atoms with E-state index in [-0.39, 0.29) is 10.8 Å². The Morgan fingerprint density at radius 2 is 2.00 bits per heavy atom. The Kier molecular flexibility index (Phi) is 4.67. The molecule has 0 saturated carbocycles. The van der Waals surface area contributed by atoms with Gasteiger partial charge in [0, 0.05) is 28.1 Å². The van der Waals surface area contributed by atoms with Crippen LogP contribution in [0, 0.1) is 0 Å². The molecule has 0 atom stereocenters. The zero-order chi connectivity index (χ0) is 13.6. The molecule has 1 aromatic carbocycles. The van der Waals surface area contributed by atoms with E-state index in [9.17, 15) is 13.2 Å². The third-order valence-electron chi connectivity index (χ3n) is 1.99. The van der Waals surface area contributed by atoms with Gasteiger partial charge in [-0.1, -0.05) is 0 Å². The molecule has 0 aliphatic carbocycles. The zero-order valence-corrected chi connectivity index (χ0v) is 10.1. The van der Waals surface area contributed by atoms with E-state index in [1.165, 1.54) is 24.3 Å². The summed E-state index contributed by atoms with van der Waals surface area (Å²) in [5.74, 6) is -0.354. The van der Waals surface area contributed by atoms with Crippen LogP contribution >= 0.6 is 0 Å². The van der Waals surface area contributed by atoms with Gasteiger partial charge < -0.3 is 11.1 Å². The topological polar surface area (TPSA) is 138 Å². The van der Waals surface area contributed by atoms with Gasteiger partial charge in [-0.25, -0.2) is 8.42 Å². The van der Waals surface area contributed by atoms with Crippen molar-refractivity contribution in [2.75, 3.05) is 13.1 Å². The van der Waals surface area contributed by atoms with E-state index in [1.807, 2.05) is 0 Å². The van der Waals surface area contributed by atoms with E-state index in [4.69, 9.17) is 11.3 Å². The van der Waals surface area contributed by atoms with E-state index in [1.54, 1.807) is 0 Å².